The van der Waals surface area contributed by atoms with E-state index < -0.39 is 0 Å². The summed E-state index contributed by atoms with van der Waals surface area (Å²) in [5, 5.41) is 9.20. The molecule has 0 spiro atoms. The molecule has 3 nitrogen and oxygen atoms in total. The van der Waals surface area contributed by atoms with Crippen LogP contribution in [0, 0.1) is 11.8 Å². The number of nitrogens with zero attached hydrogens (tertiary/aromatic N) is 1. The molecule has 1 heterocycles. The van der Waals surface area contributed by atoms with Crippen LogP contribution in [-0.4, -0.2) is 35.1 Å². The summed E-state index contributed by atoms with van der Waals surface area (Å²) < 4.78 is 0. The molecule has 0 aromatic heterocycles. The predicted molar refractivity (Wildman–Crippen MR) is 69.7 cm³/mol. The van der Waals surface area contributed by atoms with Gasteiger partial charge in [-0.3, -0.25) is 4.79 Å². The summed E-state index contributed by atoms with van der Waals surface area (Å²) in [6.07, 6.45) is 4.22. The van der Waals surface area contributed by atoms with Crippen molar-refractivity contribution in [3.8, 4) is 0 Å². The van der Waals surface area contributed by atoms with Crippen molar-refractivity contribution in [2.24, 2.45) is 11.8 Å². The molecule has 0 aliphatic carbocycles. The molecule has 17 heavy (non-hydrogen) atoms. The SMILES string of the molecule is CC(O)CCC(=O)N1CCCC(C(C)C)CC1. The molecular formula is C14H27NO2. The van der Waals surface area contributed by atoms with Crippen molar-refractivity contribution in [1.29, 1.82) is 0 Å². The molecule has 1 aliphatic rings. The zero-order valence-electron chi connectivity index (χ0n) is 11.5. The second-order valence-electron chi connectivity index (χ2n) is 5.70. The maximum Gasteiger partial charge on any atom is 0.222 e. The van der Waals surface area contributed by atoms with Gasteiger partial charge in [-0.1, -0.05) is 13.8 Å². The van der Waals surface area contributed by atoms with Gasteiger partial charge >= 0.3 is 0 Å². The topological polar surface area (TPSA) is 40.5 Å². The Morgan fingerprint density at radius 3 is 2.59 bits per heavy atom. The van der Waals surface area contributed by atoms with Gasteiger partial charge in [0.2, 0.25) is 5.91 Å². The van der Waals surface area contributed by atoms with Gasteiger partial charge in [-0.05, 0) is 44.4 Å². The summed E-state index contributed by atoms with van der Waals surface area (Å²) in [5.74, 6) is 1.71. The number of aliphatic hydroxyl groups excluding tert-OH is 1. The number of amides is 1. The molecule has 100 valence electrons. The molecule has 0 saturated carbocycles. The molecule has 1 saturated heterocycles. The Morgan fingerprint density at radius 1 is 1.29 bits per heavy atom. The van der Waals surface area contributed by atoms with Crippen LogP contribution in [0.1, 0.15) is 52.9 Å². The first-order valence-electron chi connectivity index (χ1n) is 6.96. The second kappa shape index (κ2) is 7.00. The van der Waals surface area contributed by atoms with Gasteiger partial charge in [0.05, 0.1) is 6.10 Å². The van der Waals surface area contributed by atoms with Crippen molar-refractivity contribution < 1.29 is 9.90 Å². The molecule has 3 heteroatoms. The first-order chi connectivity index (χ1) is 8.00. The Balaban J connectivity index is 2.37. The molecule has 2 unspecified atom stereocenters. The predicted octanol–water partition coefficient (Wildman–Crippen LogP) is 2.43. The minimum absolute atomic E-state index is 0.218. The number of hydrogen-bond donors (Lipinski definition) is 1. The van der Waals surface area contributed by atoms with E-state index in [2.05, 4.69) is 13.8 Å². The Labute approximate surface area is 105 Å². The van der Waals surface area contributed by atoms with Crippen LogP contribution >= 0.6 is 0 Å². The first kappa shape index (κ1) is 14.5. The molecule has 0 aromatic carbocycles. The molecule has 2 atom stereocenters. The highest BCUT2D eigenvalue weighted by molar-refractivity contribution is 5.76. The number of carbonyl (C=O) groups excluding carboxylic acids is 1. The van der Waals surface area contributed by atoms with Crippen LogP contribution < -0.4 is 0 Å². The molecule has 0 bridgehead atoms. The summed E-state index contributed by atoms with van der Waals surface area (Å²) in [4.78, 5) is 13.9. The summed E-state index contributed by atoms with van der Waals surface area (Å²) >= 11 is 0. The van der Waals surface area contributed by atoms with Crippen molar-refractivity contribution in [3.05, 3.63) is 0 Å². The number of aliphatic hydroxyl groups is 1. The third kappa shape index (κ3) is 5.07. The van der Waals surface area contributed by atoms with E-state index in [9.17, 15) is 9.90 Å². The van der Waals surface area contributed by atoms with Crippen molar-refractivity contribution >= 4 is 5.91 Å². The van der Waals surface area contributed by atoms with Gasteiger partial charge in [-0.2, -0.15) is 0 Å². The third-order valence-electron chi connectivity index (χ3n) is 3.84. The van der Waals surface area contributed by atoms with E-state index in [1.54, 1.807) is 6.92 Å². The van der Waals surface area contributed by atoms with Gasteiger partial charge in [0, 0.05) is 19.5 Å². The largest absolute Gasteiger partial charge is 0.393 e. The Hall–Kier alpha value is -0.570. The van der Waals surface area contributed by atoms with Crippen LogP contribution in [0.4, 0.5) is 0 Å². The number of carbonyl (C=O) groups is 1. The lowest BCUT2D eigenvalue weighted by atomic mass is 9.89. The van der Waals surface area contributed by atoms with E-state index in [1.807, 2.05) is 4.90 Å². The monoisotopic (exact) mass is 241 g/mol. The zero-order valence-corrected chi connectivity index (χ0v) is 11.5. The first-order valence-corrected chi connectivity index (χ1v) is 6.96. The summed E-state index contributed by atoms with van der Waals surface area (Å²) in [6, 6.07) is 0. The average Bonchev–Trinajstić information content (AvgIpc) is 2.51. The Bertz CT molecular complexity index is 238. The van der Waals surface area contributed by atoms with Gasteiger partial charge in [0.15, 0.2) is 0 Å². The molecule has 0 aromatic rings. The van der Waals surface area contributed by atoms with E-state index in [1.165, 1.54) is 6.42 Å². The minimum Gasteiger partial charge on any atom is -0.393 e. The molecule has 1 aliphatic heterocycles. The van der Waals surface area contributed by atoms with Crippen molar-refractivity contribution in [2.75, 3.05) is 13.1 Å². The lowest BCUT2D eigenvalue weighted by Crippen LogP contribution is -2.32. The summed E-state index contributed by atoms with van der Waals surface area (Å²) in [5.41, 5.74) is 0. The van der Waals surface area contributed by atoms with Crippen LogP contribution in [0.25, 0.3) is 0 Å². The number of hydrogen-bond acceptors (Lipinski definition) is 2. The number of likely N-dealkylation sites (tertiary alicyclic amines) is 1. The zero-order chi connectivity index (χ0) is 12.8. The molecule has 0 radical (unpaired) electrons. The molecular weight excluding hydrogens is 214 g/mol. The van der Waals surface area contributed by atoms with E-state index in [4.69, 9.17) is 0 Å². The smallest absolute Gasteiger partial charge is 0.222 e. The lowest BCUT2D eigenvalue weighted by molar-refractivity contribution is -0.131. The molecule has 1 rings (SSSR count). The third-order valence-corrected chi connectivity index (χ3v) is 3.84. The van der Waals surface area contributed by atoms with E-state index in [-0.39, 0.29) is 12.0 Å². The average molecular weight is 241 g/mol. The molecule has 1 N–H and O–H groups in total. The quantitative estimate of drug-likeness (QED) is 0.821. The van der Waals surface area contributed by atoms with Gasteiger partial charge in [0.1, 0.15) is 0 Å². The fourth-order valence-corrected chi connectivity index (χ4v) is 2.53. The highest BCUT2D eigenvalue weighted by atomic mass is 16.3. The van der Waals surface area contributed by atoms with Crippen molar-refractivity contribution in [2.45, 2.75) is 59.0 Å². The standard InChI is InChI=1S/C14H27NO2/c1-11(2)13-5-4-9-15(10-8-13)14(17)7-6-12(3)16/h11-13,16H,4-10H2,1-3H3. The van der Waals surface area contributed by atoms with Crippen LogP contribution in [0.3, 0.4) is 0 Å². The molecule has 1 amide bonds. The van der Waals surface area contributed by atoms with Gasteiger partial charge in [-0.25, -0.2) is 0 Å². The van der Waals surface area contributed by atoms with E-state index in [0.29, 0.717) is 12.8 Å². The van der Waals surface area contributed by atoms with Crippen molar-refractivity contribution in [1.82, 2.24) is 4.90 Å². The Morgan fingerprint density at radius 2 is 2.00 bits per heavy atom. The highest BCUT2D eigenvalue weighted by Gasteiger charge is 2.22. The Kier molecular flexibility index (Phi) is 5.96. The normalized spacial score (nSPS) is 23.6. The maximum absolute atomic E-state index is 11.9. The van der Waals surface area contributed by atoms with Crippen LogP contribution in [0.15, 0.2) is 0 Å². The minimum atomic E-state index is -0.366. The van der Waals surface area contributed by atoms with Crippen LogP contribution in [0.5, 0.6) is 0 Å². The second-order valence-corrected chi connectivity index (χ2v) is 5.70. The summed E-state index contributed by atoms with van der Waals surface area (Å²) in [7, 11) is 0. The van der Waals surface area contributed by atoms with Crippen molar-refractivity contribution in [3.63, 3.8) is 0 Å². The maximum atomic E-state index is 11.9. The molecule has 1 fully saturated rings. The van der Waals surface area contributed by atoms with Gasteiger partial charge in [-0.15, -0.1) is 0 Å². The van der Waals surface area contributed by atoms with Gasteiger partial charge < -0.3 is 10.0 Å². The van der Waals surface area contributed by atoms with E-state index >= 15 is 0 Å². The fraction of sp³-hybridized carbons (Fsp3) is 0.929. The fourth-order valence-electron chi connectivity index (χ4n) is 2.53. The van der Waals surface area contributed by atoms with Crippen LogP contribution in [-0.2, 0) is 4.79 Å². The van der Waals surface area contributed by atoms with Gasteiger partial charge in [0.25, 0.3) is 0 Å². The summed E-state index contributed by atoms with van der Waals surface area (Å²) in [6.45, 7) is 8.10. The highest BCUT2D eigenvalue weighted by Crippen LogP contribution is 2.24. The lowest BCUT2D eigenvalue weighted by Gasteiger charge is -2.22. The number of rotatable bonds is 4. The van der Waals surface area contributed by atoms with Crippen LogP contribution in [0.2, 0.25) is 0 Å². The van der Waals surface area contributed by atoms with E-state index in [0.717, 1.165) is 37.8 Å².